The van der Waals surface area contributed by atoms with Crippen molar-refractivity contribution in [1.29, 1.82) is 5.26 Å². The van der Waals surface area contributed by atoms with Gasteiger partial charge in [0.1, 0.15) is 11.2 Å². The maximum Gasteiger partial charge on any atom is 0.240 e. The van der Waals surface area contributed by atoms with E-state index in [4.69, 9.17) is 10.00 Å². The molecule has 1 aromatic rings. The van der Waals surface area contributed by atoms with E-state index < -0.39 is 5.41 Å². The van der Waals surface area contributed by atoms with Crippen molar-refractivity contribution in [3.8, 4) is 11.8 Å². The number of hydrogen-bond acceptors (Lipinski definition) is 4. The van der Waals surface area contributed by atoms with Gasteiger partial charge in [0.2, 0.25) is 5.91 Å². The van der Waals surface area contributed by atoms with E-state index in [1.165, 1.54) is 0 Å². The van der Waals surface area contributed by atoms with E-state index in [-0.39, 0.29) is 11.9 Å². The molecule has 0 saturated carbocycles. The zero-order valence-electron chi connectivity index (χ0n) is 13.4. The van der Waals surface area contributed by atoms with Crippen molar-refractivity contribution in [1.82, 2.24) is 5.32 Å². The third-order valence-corrected chi connectivity index (χ3v) is 4.02. The topological polar surface area (TPSA) is 65.4 Å². The van der Waals surface area contributed by atoms with Crippen molar-refractivity contribution < 1.29 is 9.53 Å². The summed E-state index contributed by atoms with van der Waals surface area (Å²) < 4.78 is 5.26. The van der Waals surface area contributed by atoms with Crippen LogP contribution in [0.3, 0.4) is 0 Å². The summed E-state index contributed by atoms with van der Waals surface area (Å²) in [4.78, 5) is 14.4. The van der Waals surface area contributed by atoms with E-state index in [0.29, 0.717) is 0 Å². The molecule has 5 nitrogen and oxygen atoms in total. The number of carbonyl (C=O) groups is 1. The van der Waals surface area contributed by atoms with E-state index >= 15 is 0 Å². The maximum atomic E-state index is 12.1. The van der Waals surface area contributed by atoms with Crippen LogP contribution in [0.2, 0.25) is 0 Å². The number of benzene rings is 1. The molecule has 5 heteroatoms. The Hall–Kier alpha value is -2.22. The molecule has 1 saturated heterocycles. The Labute approximate surface area is 131 Å². The second-order valence-corrected chi connectivity index (χ2v) is 6.20. The smallest absolute Gasteiger partial charge is 0.240 e. The van der Waals surface area contributed by atoms with Gasteiger partial charge in [0.15, 0.2) is 0 Å². The van der Waals surface area contributed by atoms with Gasteiger partial charge in [0, 0.05) is 30.9 Å². The molecule has 1 atom stereocenters. The van der Waals surface area contributed by atoms with Gasteiger partial charge in [-0.3, -0.25) is 4.79 Å². The molecule has 0 bridgehead atoms. The molecular formula is C17H23N3O2. The van der Waals surface area contributed by atoms with Crippen molar-refractivity contribution in [3.05, 3.63) is 24.3 Å². The number of nitrogens with one attached hydrogen (secondary N) is 1. The highest BCUT2D eigenvalue weighted by atomic mass is 16.5. The van der Waals surface area contributed by atoms with E-state index in [2.05, 4.69) is 10.2 Å². The first-order valence-corrected chi connectivity index (χ1v) is 7.57. The lowest BCUT2D eigenvalue weighted by atomic mass is 9.93. The van der Waals surface area contributed by atoms with Gasteiger partial charge in [-0.05, 0) is 38.8 Å². The van der Waals surface area contributed by atoms with E-state index in [9.17, 15) is 4.79 Å². The van der Waals surface area contributed by atoms with Crippen molar-refractivity contribution >= 4 is 11.6 Å². The lowest BCUT2D eigenvalue weighted by molar-refractivity contribution is -0.127. The first-order chi connectivity index (χ1) is 10.5. The van der Waals surface area contributed by atoms with Gasteiger partial charge in [0.05, 0.1) is 13.2 Å². The molecule has 1 aliphatic heterocycles. The molecule has 1 N–H and O–H groups in total. The molecule has 1 aliphatic rings. The Bertz CT molecular complexity index is 578. The molecule has 1 fully saturated rings. The highest BCUT2D eigenvalue weighted by Crippen LogP contribution is 2.24. The number of nitriles is 1. The van der Waals surface area contributed by atoms with Crippen LogP contribution in [-0.4, -0.2) is 32.1 Å². The van der Waals surface area contributed by atoms with Crippen LogP contribution in [-0.2, 0) is 4.79 Å². The van der Waals surface area contributed by atoms with Gasteiger partial charge in [-0.15, -0.1) is 0 Å². The molecule has 1 aromatic carbocycles. The van der Waals surface area contributed by atoms with E-state index in [1.54, 1.807) is 21.0 Å². The van der Waals surface area contributed by atoms with Crippen molar-refractivity contribution in [2.24, 2.45) is 5.41 Å². The van der Waals surface area contributed by atoms with Crippen LogP contribution in [0.15, 0.2) is 24.3 Å². The second-order valence-electron chi connectivity index (χ2n) is 6.20. The Morgan fingerprint density at radius 3 is 2.95 bits per heavy atom. The molecule has 1 amide bonds. The minimum absolute atomic E-state index is 0.0695. The zero-order chi connectivity index (χ0) is 16.2. The number of nitrogens with zero attached hydrogens (tertiary/aromatic N) is 2. The highest BCUT2D eigenvalue weighted by molar-refractivity contribution is 5.84. The average molecular weight is 301 g/mol. The number of amides is 1. The Morgan fingerprint density at radius 1 is 1.50 bits per heavy atom. The van der Waals surface area contributed by atoms with Gasteiger partial charge in [-0.1, -0.05) is 6.07 Å². The number of ether oxygens (including phenoxy) is 1. The lowest BCUT2D eigenvalue weighted by Crippen LogP contribution is -2.50. The number of piperidine rings is 1. The van der Waals surface area contributed by atoms with E-state index in [0.717, 1.165) is 37.4 Å². The van der Waals surface area contributed by atoms with Gasteiger partial charge < -0.3 is 15.0 Å². The molecule has 1 heterocycles. The predicted octanol–water partition coefficient (Wildman–Crippen LogP) is 2.33. The highest BCUT2D eigenvalue weighted by Gasteiger charge is 2.30. The average Bonchev–Trinajstić information content (AvgIpc) is 2.55. The summed E-state index contributed by atoms with van der Waals surface area (Å²) in [5, 5.41) is 12.1. The van der Waals surface area contributed by atoms with Crippen LogP contribution in [0.4, 0.5) is 5.69 Å². The zero-order valence-corrected chi connectivity index (χ0v) is 13.4. The van der Waals surface area contributed by atoms with Gasteiger partial charge in [0.25, 0.3) is 0 Å². The quantitative estimate of drug-likeness (QED) is 0.927. The summed E-state index contributed by atoms with van der Waals surface area (Å²) in [6.07, 6.45) is 1.95. The summed E-state index contributed by atoms with van der Waals surface area (Å²) in [5.74, 6) is 0.627. The number of hydrogen-bond donors (Lipinski definition) is 1. The number of anilines is 1. The molecule has 1 unspecified atom stereocenters. The first-order valence-electron chi connectivity index (χ1n) is 7.57. The Balaban J connectivity index is 2.03. The summed E-state index contributed by atoms with van der Waals surface area (Å²) in [6, 6.07) is 10.1. The number of carbonyl (C=O) groups excluding carboxylic acids is 1. The fourth-order valence-electron chi connectivity index (χ4n) is 2.55. The maximum absolute atomic E-state index is 12.1. The second kappa shape index (κ2) is 6.69. The standard InChI is InChI=1S/C17H23N3O2/c1-17(2,12-18)16(21)19-13-6-5-9-20(11-13)14-7-4-8-15(10-14)22-3/h4,7-8,10,13H,5-6,9,11H2,1-3H3,(H,19,21). The van der Waals surface area contributed by atoms with Crippen LogP contribution in [0.1, 0.15) is 26.7 Å². The van der Waals surface area contributed by atoms with Crippen LogP contribution in [0.25, 0.3) is 0 Å². The van der Waals surface area contributed by atoms with Crippen molar-refractivity contribution in [3.63, 3.8) is 0 Å². The summed E-state index contributed by atoms with van der Waals surface area (Å²) in [6.45, 7) is 5.00. The Morgan fingerprint density at radius 2 is 2.27 bits per heavy atom. The van der Waals surface area contributed by atoms with Gasteiger partial charge in [-0.25, -0.2) is 0 Å². The lowest BCUT2D eigenvalue weighted by Gasteiger charge is -2.35. The molecule has 0 aliphatic carbocycles. The molecule has 2 rings (SSSR count). The number of rotatable bonds is 4. The normalized spacial score (nSPS) is 18.5. The van der Waals surface area contributed by atoms with Crippen molar-refractivity contribution in [2.75, 3.05) is 25.1 Å². The summed E-state index contributed by atoms with van der Waals surface area (Å²) in [7, 11) is 1.66. The van der Waals surface area contributed by atoms with Crippen LogP contribution in [0, 0.1) is 16.7 Å². The summed E-state index contributed by atoms with van der Waals surface area (Å²) >= 11 is 0. The number of methoxy groups -OCH3 is 1. The summed E-state index contributed by atoms with van der Waals surface area (Å²) in [5.41, 5.74) is 0.107. The minimum atomic E-state index is -0.988. The van der Waals surface area contributed by atoms with Gasteiger partial charge >= 0.3 is 0 Å². The molecule has 0 aromatic heterocycles. The van der Waals surface area contributed by atoms with Crippen LogP contribution in [0.5, 0.6) is 5.75 Å². The SMILES string of the molecule is COc1cccc(N2CCCC(NC(=O)C(C)(C)C#N)C2)c1. The molecule has 0 radical (unpaired) electrons. The fourth-order valence-corrected chi connectivity index (χ4v) is 2.55. The molecule has 22 heavy (non-hydrogen) atoms. The van der Waals surface area contributed by atoms with E-state index in [1.807, 2.05) is 30.3 Å². The Kier molecular flexibility index (Phi) is 4.92. The van der Waals surface area contributed by atoms with Crippen LogP contribution >= 0.6 is 0 Å². The molecule has 0 spiro atoms. The minimum Gasteiger partial charge on any atom is -0.497 e. The van der Waals surface area contributed by atoms with Gasteiger partial charge in [-0.2, -0.15) is 5.26 Å². The molecular weight excluding hydrogens is 278 g/mol. The third-order valence-electron chi connectivity index (χ3n) is 4.02. The predicted molar refractivity (Wildman–Crippen MR) is 85.8 cm³/mol. The monoisotopic (exact) mass is 301 g/mol. The molecule has 118 valence electrons. The fraction of sp³-hybridized carbons (Fsp3) is 0.529. The van der Waals surface area contributed by atoms with Crippen molar-refractivity contribution in [2.45, 2.75) is 32.7 Å². The largest absolute Gasteiger partial charge is 0.497 e. The third kappa shape index (κ3) is 3.70. The van der Waals surface area contributed by atoms with Crippen LogP contribution < -0.4 is 15.0 Å². The first kappa shape index (κ1) is 16.2.